The van der Waals surface area contributed by atoms with Crippen molar-refractivity contribution < 1.29 is 27.8 Å². The Balaban J connectivity index is 1.94. The van der Waals surface area contributed by atoms with Crippen molar-refractivity contribution in [3.05, 3.63) is 71.8 Å². The Kier molecular flexibility index (Phi) is 8.51. The predicted octanol–water partition coefficient (Wildman–Crippen LogP) is 2.02. The molecule has 0 fully saturated rings. The Morgan fingerprint density at radius 2 is 1.54 bits per heavy atom. The van der Waals surface area contributed by atoms with Crippen LogP contribution in [0.25, 0.3) is 0 Å². The number of nitrogens with two attached hydrogens (primary N) is 1. The van der Waals surface area contributed by atoms with Gasteiger partial charge in [0.1, 0.15) is 6.61 Å². The molecule has 8 heteroatoms. The van der Waals surface area contributed by atoms with Gasteiger partial charge in [0.15, 0.2) is 6.04 Å². The quantitative estimate of drug-likeness (QED) is 0.604. The number of rotatable bonds is 10. The molecule has 2 atom stereocenters. The van der Waals surface area contributed by atoms with Gasteiger partial charge in [-0.1, -0.05) is 60.7 Å². The van der Waals surface area contributed by atoms with Gasteiger partial charge in [-0.25, -0.2) is 4.79 Å². The lowest BCUT2D eigenvalue weighted by atomic mass is 10.1. The van der Waals surface area contributed by atoms with Gasteiger partial charge in [0, 0.05) is 0 Å². The lowest BCUT2D eigenvalue weighted by molar-refractivity contribution is -0.161. The van der Waals surface area contributed by atoms with E-state index in [4.69, 9.17) is 10.5 Å². The van der Waals surface area contributed by atoms with Gasteiger partial charge in [-0.05, 0) is 17.5 Å². The number of benzene rings is 2. The molecule has 6 nitrogen and oxygen atoms in total. The lowest BCUT2D eigenvalue weighted by Gasteiger charge is -2.20. The second-order valence-corrected chi connectivity index (χ2v) is 6.04. The summed E-state index contributed by atoms with van der Waals surface area (Å²) in [5, 5.41) is 2.33. The molecule has 2 aromatic rings. The average Bonchev–Trinajstić information content (AvgIpc) is 2.70. The monoisotopic (exact) mass is 392 g/mol. The van der Waals surface area contributed by atoms with Crippen LogP contribution in [0, 0.1) is 0 Å². The highest BCUT2D eigenvalue weighted by Crippen LogP contribution is 2.06. The molecule has 0 heterocycles. The molecule has 0 radical (unpaired) electrons. The Bertz CT molecular complexity index is 744. The summed E-state index contributed by atoms with van der Waals surface area (Å²) in [6, 6.07) is 15.5. The number of halogens is 2. The molecule has 0 saturated heterocycles. The molecule has 150 valence electrons. The minimum Gasteiger partial charge on any atom is -0.459 e. The van der Waals surface area contributed by atoms with Crippen LogP contribution in [0.5, 0.6) is 0 Å². The van der Waals surface area contributed by atoms with E-state index < -0.39 is 37.2 Å². The summed E-state index contributed by atoms with van der Waals surface area (Å²) >= 11 is 0. The highest BCUT2D eigenvalue weighted by molar-refractivity contribution is 5.87. The van der Waals surface area contributed by atoms with E-state index in [2.05, 4.69) is 10.1 Å². The molecule has 0 aliphatic rings. The predicted molar refractivity (Wildman–Crippen MR) is 98.2 cm³/mol. The molecule has 0 aliphatic heterocycles. The van der Waals surface area contributed by atoms with Gasteiger partial charge >= 0.3 is 12.6 Å². The van der Waals surface area contributed by atoms with E-state index in [0.29, 0.717) is 0 Å². The highest BCUT2D eigenvalue weighted by Gasteiger charge is 2.26. The molecule has 0 aliphatic carbocycles. The summed E-state index contributed by atoms with van der Waals surface area (Å²) in [7, 11) is 0. The van der Waals surface area contributed by atoms with E-state index in [1.165, 1.54) is 0 Å². The van der Waals surface area contributed by atoms with Crippen LogP contribution in [0.2, 0.25) is 0 Å². The van der Waals surface area contributed by atoms with E-state index in [9.17, 15) is 18.4 Å². The van der Waals surface area contributed by atoms with Crippen molar-refractivity contribution in [3.63, 3.8) is 0 Å². The lowest BCUT2D eigenvalue weighted by Crippen LogP contribution is -2.51. The van der Waals surface area contributed by atoms with Crippen LogP contribution in [-0.2, 0) is 32.1 Å². The third-order valence-electron chi connectivity index (χ3n) is 3.85. The minimum atomic E-state index is -3.08. The Labute approximate surface area is 161 Å². The average molecular weight is 392 g/mol. The van der Waals surface area contributed by atoms with Crippen molar-refractivity contribution in [1.82, 2.24) is 5.32 Å². The largest absolute Gasteiger partial charge is 0.459 e. The van der Waals surface area contributed by atoms with Crippen molar-refractivity contribution >= 4 is 11.9 Å². The summed E-state index contributed by atoms with van der Waals surface area (Å²) in [5.74, 6) is -1.55. The number of carbonyl (C=O) groups excluding carboxylic acids is 2. The van der Waals surface area contributed by atoms with Crippen LogP contribution in [0.15, 0.2) is 60.7 Å². The smallest absolute Gasteiger partial charge is 0.345 e. The van der Waals surface area contributed by atoms with Gasteiger partial charge in [0.2, 0.25) is 5.91 Å². The maximum Gasteiger partial charge on any atom is 0.345 e. The second-order valence-electron chi connectivity index (χ2n) is 6.04. The fourth-order valence-electron chi connectivity index (χ4n) is 2.41. The zero-order valence-corrected chi connectivity index (χ0v) is 15.1. The fourth-order valence-corrected chi connectivity index (χ4v) is 2.41. The summed E-state index contributed by atoms with van der Waals surface area (Å²) in [6.07, 6.45) is 0.230. The third-order valence-corrected chi connectivity index (χ3v) is 3.85. The molecule has 2 rings (SSSR count). The summed E-state index contributed by atoms with van der Waals surface area (Å²) in [5.41, 5.74) is 7.42. The van der Waals surface area contributed by atoms with Gasteiger partial charge in [0.25, 0.3) is 0 Å². The van der Waals surface area contributed by atoms with Crippen LogP contribution >= 0.6 is 0 Å². The Morgan fingerprint density at radius 3 is 2.11 bits per heavy atom. The normalized spacial score (nSPS) is 13.0. The summed E-state index contributed by atoms with van der Waals surface area (Å²) in [4.78, 5) is 24.5. The molecule has 0 bridgehead atoms. The summed E-state index contributed by atoms with van der Waals surface area (Å²) < 4.78 is 34.1. The first kappa shape index (κ1) is 21.5. The number of hydrogen-bond acceptors (Lipinski definition) is 5. The number of ether oxygens (including phenoxy) is 2. The van der Waals surface area contributed by atoms with Crippen LogP contribution in [-0.4, -0.2) is 37.2 Å². The zero-order chi connectivity index (χ0) is 20.4. The molecule has 2 aromatic carbocycles. The number of amides is 1. The SMILES string of the molecule is N[C@@H](Cc1ccccc1)C(=O)N[C@@H](COC(F)F)C(=O)OCc1ccccc1. The highest BCUT2D eigenvalue weighted by atomic mass is 19.3. The Morgan fingerprint density at radius 1 is 0.964 bits per heavy atom. The first-order valence-electron chi connectivity index (χ1n) is 8.66. The maximum absolute atomic E-state index is 12.4. The molecule has 1 amide bonds. The maximum atomic E-state index is 12.4. The second kappa shape index (κ2) is 11.1. The minimum absolute atomic E-state index is 0.0587. The molecular formula is C20H22F2N2O4. The zero-order valence-electron chi connectivity index (χ0n) is 15.1. The van der Waals surface area contributed by atoms with E-state index in [0.717, 1.165) is 11.1 Å². The van der Waals surface area contributed by atoms with Crippen molar-refractivity contribution in [2.24, 2.45) is 5.73 Å². The summed E-state index contributed by atoms with van der Waals surface area (Å²) in [6.45, 7) is -3.87. The van der Waals surface area contributed by atoms with Crippen molar-refractivity contribution in [2.75, 3.05) is 6.61 Å². The van der Waals surface area contributed by atoms with Crippen molar-refractivity contribution in [2.45, 2.75) is 31.7 Å². The van der Waals surface area contributed by atoms with Gasteiger partial charge in [-0.3, -0.25) is 4.79 Å². The fraction of sp³-hybridized carbons (Fsp3) is 0.300. The molecule has 0 spiro atoms. The third kappa shape index (κ3) is 7.42. The van der Waals surface area contributed by atoms with E-state index >= 15 is 0 Å². The first-order chi connectivity index (χ1) is 13.5. The van der Waals surface area contributed by atoms with Gasteiger partial charge in [-0.15, -0.1) is 0 Å². The van der Waals surface area contributed by atoms with Crippen LogP contribution < -0.4 is 11.1 Å². The number of esters is 1. The van der Waals surface area contributed by atoms with Gasteiger partial charge in [-0.2, -0.15) is 8.78 Å². The number of alkyl halides is 2. The topological polar surface area (TPSA) is 90.7 Å². The van der Waals surface area contributed by atoms with Crippen LogP contribution in [0.3, 0.4) is 0 Å². The van der Waals surface area contributed by atoms with Crippen molar-refractivity contribution in [1.29, 1.82) is 0 Å². The number of hydrogen-bond donors (Lipinski definition) is 2. The first-order valence-corrected chi connectivity index (χ1v) is 8.66. The molecule has 0 unspecified atom stereocenters. The number of nitrogens with one attached hydrogen (secondary N) is 1. The van der Waals surface area contributed by atoms with E-state index in [1.54, 1.807) is 54.6 Å². The standard InChI is InChI=1S/C20H22F2N2O4/c21-20(22)28-13-17(19(26)27-12-15-9-5-2-6-10-15)24-18(25)16(23)11-14-7-3-1-4-8-14/h1-10,16-17,20H,11-13,23H2,(H,24,25)/t16-,17-/m0/s1. The van der Waals surface area contributed by atoms with Crippen LogP contribution in [0.1, 0.15) is 11.1 Å². The van der Waals surface area contributed by atoms with Crippen molar-refractivity contribution in [3.8, 4) is 0 Å². The van der Waals surface area contributed by atoms with E-state index in [-0.39, 0.29) is 13.0 Å². The van der Waals surface area contributed by atoms with Crippen LogP contribution in [0.4, 0.5) is 8.78 Å². The van der Waals surface area contributed by atoms with Gasteiger partial charge in [0.05, 0.1) is 12.6 Å². The van der Waals surface area contributed by atoms with Gasteiger partial charge < -0.3 is 20.5 Å². The molecule has 3 N–H and O–H groups in total. The molecule has 28 heavy (non-hydrogen) atoms. The molecular weight excluding hydrogens is 370 g/mol. The van der Waals surface area contributed by atoms with E-state index in [1.807, 2.05) is 6.07 Å². The molecule has 0 aromatic heterocycles. The number of carbonyl (C=O) groups is 2. The Hall–Kier alpha value is -2.84. The molecule has 0 saturated carbocycles.